The van der Waals surface area contributed by atoms with Crippen molar-refractivity contribution in [3.63, 3.8) is 0 Å². The number of hydrogen-bond acceptors (Lipinski definition) is 8. The highest BCUT2D eigenvalue weighted by Gasteiger charge is 2.39. The van der Waals surface area contributed by atoms with Crippen LogP contribution in [0.2, 0.25) is 0 Å². The molecular formula is C28H38FN3O7. The van der Waals surface area contributed by atoms with Gasteiger partial charge in [-0.2, -0.15) is 0 Å². The number of nitrogens with one attached hydrogen (secondary N) is 1. The van der Waals surface area contributed by atoms with Crippen LogP contribution in [0.4, 0.5) is 4.39 Å². The number of carbonyl (C=O) groups excluding carboxylic acids is 3. The molecular weight excluding hydrogens is 509 g/mol. The van der Waals surface area contributed by atoms with Gasteiger partial charge in [0.05, 0.1) is 12.5 Å². The van der Waals surface area contributed by atoms with E-state index in [2.05, 4.69) is 10.3 Å². The Hall–Kier alpha value is -3.31. The third-order valence-electron chi connectivity index (χ3n) is 6.85. The molecule has 11 heteroatoms. The molecule has 2 bridgehead atoms. The van der Waals surface area contributed by atoms with Crippen molar-refractivity contribution in [1.82, 2.24) is 15.2 Å². The second kappa shape index (κ2) is 14.2. The van der Waals surface area contributed by atoms with Gasteiger partial charge in [0.2, 0.25) is 5.91 Å². The summed E-state index contributed by atoms with van der Waals surface area (Å²) >= 11 is 0. The number of nitrogens with zero attached hydrogens (tertiary/aromatic N) is 2. The molecule has 0 aliphatic carbocycles. The van der Waals surface area contributed by atoms with Crippen molar-refractivity contribution < 1.29 is 38.1 Å². The van der Waals surface area contributed by atoms with Crippen LogP contribution in [0.1, 0.15) is 56.4 Å². The molecule has 6 atom stereocenters. The highest BCUT2D eigenvalue weighted by Crippen LogP contribution is 2.25. The van der Waals surface area contributed by atoms with Crippen molar-refractivity contribution >= 4 is 17.8 Å². The first-order valence-corrected chi connectivity index (χ1v) is 13.3. The fourth-order valence-electron chi connectivity index (χ4n) is 4.74. The third-order valence-corrected chi connectivity index (χ3v) is 6.85. The molecule has 39 heavy (non-hydrogen) atoms. The number of oxazole rings is 1. The summed E-state index contributed by atoms with van der Waals surface area (Å²) in [5.41, 5.74) is 0.651. The zero-order valence-electron chi connectivity index (χ0n) is 22.6. The number of ether oxygens (including phenoxy) is 1. The molecule has 3 heterocycles. The number of halogens is 1. The molecule has 1 fully saturated rings. The molecule has 0 unspecified atom stereocenters. The largest absolute Gasteiger partial charge is 0.460 e. The van der Waals surface area contributed by atoms with Crippen molar-refractivity contribution in [2.75, 3.05) is 19.7 Å². The number of aliphatic hydroxyl groups excluding tert-OH is 2. The summed E-state index contributed by atoms with van der Waals surface area (Å²) in [6, 6.07) is -0.849. The summed E-state index contributed by atoms with van der Waals surface area (Å²) in [5.74, 6) is -2.29. The van der Waals surface area contributed by atoms with Crippen LogP contribution in [-0.2, 0) is 20.7 Å². The predicted octanol–water partition coefficient (Wildman–Crippen LogP) is 2.28. The van der Waals surface area contributed by atoms with Crippen molar-refractivity contribution in [3.8, 4) is 0 Å². The van der Waals surface area contributed by atoms with Crippen LogP contribution in [0.5, 0.6) is 0 Å². The van der Waals surface area contributed by atoms with E-state index in [0.29, 0.717) is 25.0 Å². The summed E-state index contributed by atoms with van der Waals surface area (Å²) in [6.45, 7) is 5.57. The quantitative estimate of drug-likeness (QED) is 0.479. The molecule has 1 aromatic rings. The minimum absolute atomic E-state index is 0.0172. The molecule has 0 saturated carbocycles. The Labute approximate surface area is 227 Å². The molecule has 214 valence electrons. The first-order chi connectivity index (χ1) is 18.6. The zero-order valence-corrected chi connectivity index (χ0v) is 22.6. The number of rotatable bonds is 2. The number of aromatic nitrogens is 1. The topological polar surface area (TPSA) is 142 Å². The Bertz CT molecular complexity index is 1100. The van der Waals surface area contributed by atoms with Gasteiger partial charge < -0.3 is 29.6 Å². The van der Waals surface area contributed by atoms with Gasteiger partial charge in [-0.3, -0.25) is 9.59 Å². The van der Waals surface area contributed by atoms with Crippen molar-refractivity contribution in [3.05, 3.63) is 53.8 Å². The molecule has 0 radical (unpaired) electrons. The maximum absolute atomic E-state index is 14.6. The molecule has 10 nitrogen and oxygen atoms in total. The summed E-state index contributed by atoms with van der Waals surface area (Å²) in [7, 11) is 0. The Morgan fingerprint density at radius 2 is 2.05 bits per heavy atom. The van der Waals surface area contributed by atoms with E-state index in [9.17, 15) is 29.0 Å². The SMILES string of the molecule is CC1=C[C@@H](O)C[C@@H](F)Cc2nc(co2)C(=O)N2CCC[C@@H]2C(=O)O[C@H]([C@@H](C)CO)[C@H](C)/C=C/C(=O)NCC=C1. The van der Waals surface area contributed by atoms with Gasteiger partial charge in [-0.1, -0.05) is 43.7 Å². The minimum Gasteiger partial charge on any atom is -0.460 e. The molecule has 0 aromatic carbocycles. The lowest BCUT2D eigenvalue weighted by Gasteiger charge is -2.30. The van der Waals surface area contributed by atoms with Gasteiger partial charge in [0, 0.05) is 38.0 Å². The number of aliphatic hydroxyl groups is 2. The molecule has 2 aliphatic heterocycles. The van der Waals surface area contributed by atoms with E-state index in [-0.39, 0.29) is 43.5 Å². The molecule has 1 aromatic heterocycles. The van der Waals surface area contributed by atoms with Crippen LogP contribution in [0.25, 0.3) is 0 Å². The number of cyclic esters (lactones) is 1. The summed E-state index contributed by atoms with van der Waals surface area (Å²) < 4.78 is 25.7. The van der Waals surface area contributed by atoms with Gasteiger partial charge in [-0.15, -0.1) is 0 Å². The highest BCUT2D eigenvalue weighted by molar-refractivity contribution is 5.95. The lowest BCUT2D eigenvalue weighted by molar-refractivity contribution is -0.159. The van der Waals surface area contributed by atoms with Crippen LogP contribution in [-0.4, -0.2) is 82.0 Å². The van der Waals surface area contributed by atoms with E-state index < -0.39 is 48.1 Å². The van der Waals surface area contributed by atoms with Crippen LogP contribution >= 0.6 is 0 Å². The molecule has 3 rings (SSSR count). The number of fused-ring (bicyclic) bond motifs is 3. The fourth-order valence-corrected chi connectivity index (χ4v) is 4.74. The van der Waals surface area contributed by atoms with Gasteiger partial charge >= 0.3 is 5.97 Å². The second-order valence-electron chi connectivity index (χ2n) is 10.2. The standard InChI is InChI=1S/C28H38FN3O7/c1-17-6-4-10-30-24(35)9-8-18(2)26(19(3)15-33)39-28(37)23-7-5-11-32(23)27(36)22-16-38-25(31-22)14-20(29)13-21(34)12-17/h4,6,8-9,12,16,18-21,23,26,33-34H,5,7,10-11,13-15H2,1-3H3,(H,30,35)/b6-4?,9-8+,17-12?/t18-,19+,20-,21-,23-,26+/m1/s1. The average molecular weight is 548 g/mol. The molecule has 3 N–H and O–H groups in total. The number of amides is 2. The summed E-state index contributed by atoms with van der Waals surface area (Å²) in [4.78, 5) is 44.1. The predicted molar refractivity (Wildman–Crippen MR) is 140 cm³/mol. The normalized spacial score (nSPS) is 29.7. The van der Waals surface area contributed by atoms with E-state index in [4.69, 9.17) is 9.15 Å². The van der Waals surface area contributed by atoms with Gasteiger partial charge in [0.1, 0.15) is 24.6 Å². The van der Waals surface area contributed by atoms with E-state index in [0.717, 1.165) is 6.26 Å². The monoisotopic (exact) mass is 547 g/mol. The summed E-state index contributed by atoms with van der Waals surface area (Å²) in [6.07, 6.45) is 6.33. The van der Waals surface area contributed by atoms with Crippen molar-refractivity contribution in [1.29, 1.82) is 0 Å². The number of carbonyl (C=O) groups is 3. The van der Waals surface area contributed by atoms with Gasteiger partial charge in [0.15, 0.2) is 11.6 Å². The zero-order chi connectivity index (χ0) is 28.5. The third kappa shape index (κ3) is 8.59. The molecule has 0 spiro atoms. The lowest BCUT2D eigenvalue weighted by Crippen LogP contribution is -2.44. The van der Waals surface area contributed by atoms with Gasteiger partial charge in [0.25, 0.3) is 5.91 Å². The number of hydrogen-bond donors (Lipinski definition) is 3. The first-order valence-electron chi connectivity index (χ1n) is 13.3. The van der Waals surface area contributed by atoms with Crippen LogP contribution in [0, 0.1) is 11.8 Å². The van der Waals surface area contributed by atoms with E-state index in [1.165, 1.54) is 17.1 Å². The smallest absolute Gasteiger partial charge is 0.329 e. The first kappa shape index (κ1) is 30.2. The van der Waals surface area contributed by atoms with E-state index in [1.807, 2.05) is 0 Å². The number of esters is 1. The highest BCUT2D eigenvalue weighted by atomic mass is 19.1. The minimum atomic E-state index is -1.47. The van der Waals surface area contributed by atoms with Crippen molar-refractivity contribution in [2.45, 2.75) is 70.9 Å². The van der Waals surface area contributed by atoms with Crippen LogP contribution in [0.3, 0.4) is 0 Å². The van der Waals surface area contributed by atoms with E-state index >= 15 is 0 Å². The van der Waals surface area contributed by atoms with Gasteiger partial charge in [-0.05, 0) is 25.8 Å². The van der Waals surface area contributed by atoms with Gasteiger partial charge in [-0.25, -0.2) is 14.2 Å². The molecule has 2 aliphatic rings. The number of alkyl halides is 1. The second-order valence-corrected chi connectivity index (χ2v) is 10.2. The maximum atomic E-state index is 14.6. The van der Waals surface area contributed by atoms with E-state index in [1.54, 1.807) is 39.0 Å². The average Bonchev–Trinajstić information content (AvgIpc) is 3.57. The number of allylic oxidation sites excluding steroid dienone is 2. The molecule has 1 saturated heterocycles. The maximum Gasteiger partial charge on any atom is 0.329 e. The summed E-state index contributed by atoms with van der Waals surface area (Å²) in [5, 5.41) is 22.7. The lowest BCUT2D eigenvalue weighted by atomic mass is 9.93. The van der Waals surface area contributed by atoms with Crippen molar-refractivity contribution in [2.24, 2.45) is 11.8 Å². The Balaban J connectivity index is 1.86. The van der Waals surface area contributed by atoms with Crippen LogP contribution in [0.15, 0.2) is 46.6 Å². The van der Waals surface area contributed by atoms with Crippen LogP contribution < -0.4 is 5.32 Å². The fraction of sp³-hybridized carbons (Fsp3) is 0.571. The Morgan fingerprint density at radius 3 is 2.79 bits per heavy atom. The Kier molecular flexibility index (Phi) is 11.0. The molecule has 2 amide bonds. The Morgan fingerprint density at radius 1 is 1.28 bits per heavy atom.